The summed E-state index contributed by atoms with van der Waals surface area (Å²) in [5, 5.41) is 27.4. The number of nitrogens with zero attached hydrogens (tertiary/aromatic N) is 1. The number of carbonyl (C=O) groups excluding carboxylic acids is 1. The van der Waals surface area contributed by atoms with E-state index in [0.717, 1.165) is 6.07 Å². The number of H-pyrrole nitrogens is 1. The van der Waals surface area contributed by atoms with Gasteiger partial charge in [-0.25, -0.2) is 0 Å². The molecule has 0 unspecified atom stereocenters. The maximum atomic E-state index is 11.9. The molecule has 98 valence electrons. The van der Waals surface area contributed by atoms with Crippen molar-refractivity contribution in [3.8, 4) is 11.5 Å². The first-order chi connectivity index (χ1) is 8.97. The molecular formula is C11H10N4O3S. The second-order valence-electron chi connectivity index (χ2n) is 3.72. The molecule has 2 rings (SSSR count). The zero-order valence-electron chi connectivity index (χ0n) is 9.54. The van der Waals surface area contributed by atoms with E-state index >= 15 is 0 Å². The molecule has 1 amide bonds. The zero-order chi connectivity index (χ0) is 14.0. The lowest BCUT2D eigenvalue weighted by atomic mass is 10.2. The van der Waals surface area contributed by atoms with Gasteiger partial charge in [0.1, 0.15) is 22.3 Å². The Bertz CT molecular complexity index is 633. The fourth-order valence-electron chi connectivity index (χ4n) is 1.48. The van der Waals surface area contributed by atoms with Gasteiger partial charge in [0.25, 0.3) is 5.91 Å². The Hall–Kier alpha value is -2.61. The highest BCUT2D eigenvalue weighted by Crippen LogP contribution is 2.21. The monoisotopic (exact) mass is 278 g/mol. The molecule has 1 aromatic carbocycles. The van der Waals surface area contributed by atoms with Crippen molar-refractivity contribution in [1.82, 2.24) is 10.2 Å². The average Bonchev–Trinajstić information content (AvgIpc) is 2.75. The van der Waals surface area contributed by atoms with Gasteiger partial charge in [-0.2, -0.15) is 5.10 Å². The number of phenols is 2. The SMILES string of the molecule is NC(=S)c1cn[nH]c1NC(=O)c1cc(O)cc(O)c1. The number of amides is 1. The number of nitrogens with one attached hydrogen (secondary N) is 2. The summed E-state index contributed by atoms with van der Waals surface area (Å²) in [6, 6.07) is 3.55. The van der Waals surface area contributed by atoms with E-state index in [1.807, 2.05) is 0 Å². The van der Waals surface area contributed by atoms with Gasteiger partial charge in [-0.1, -0.05) is 12.2 Å². The Balaban J connectivity index is 2.25. The van der Waals surface area contributed by atoms with Crippen LogP contribution in [0.1, 0.15) is 15.9 Å². The van der Waals surface area contributed by atoms with Gasteiger partial charge >= 0.3 is 0 Å². The molecule has 0 saturated carbocycles. The number of rotatable bonds is 3. The minimum absolute atomic E-state index is 0.0842. The van der Waals surface area contributed by atoms with E-state index in [-0.39, 0.29) is 27.9 Å². The first kappa shape index (κ1) is 12.8. The number of carbonyl (C=O) groups is 1. The van der Waals surface area contributed by atoms with Gasteiger partial charge in [-0.3, -0.25) is 9.89 Å². The Morgan fingerprint density at radius 1 is 1.32 bits per heavy atom. The van der Waals surface area contributed by atoms with Crippen LogP contribution >= 0.6 is 12.2 Å². The number of aromatic nitrogens is 2. The summed E-state index contributed by atoms with van der Waals surface area (Å²) < 4.78 is 0. The topological polar surface area (TPSA) is 124 Å². The molecule has 6 N–H and O–H groups in total. The van der Waals surface area contributed by atoms with E-state index in [2.05, 4.69) is 15.5 Å². The highest BCUT2D eigenvalue weighted by Gasteiger charge is 2.13. The molecule has 8 heteroatoms. The lowest BCUT2D eigenvalue weighted by Crippen LogP contribution is -2.16. The van der Waals surface area contributed by atoms with Gasteiger partial charge in [0.05, 0.1) is 11.8 Å². The second-order valence-corrected chi connectivity index (χ2v) is 4.15. The molecule has 0 radical (unpaired) electrons. The van der Waals surface area contributed by atoms with Crippen LogP contribution in [0.4, 0.5) is 5.82 Å². The molecular weight excluding hydrogens is 268 g/mol. The summed E-state index contributed by atoms with van der Waals surface area (Å²) in [6.45, 7) is 0. The van der Waals surface area contributed by atoms with E-state index < -0.39 is 5.91 Å². The molecule has 1 aromatic heterocycles. The minimum Gasteiger partial charge on any atom is -0.508 e. The smallest absolute Gasteiger partial charge is 0.257 e. The van der Waals surface area contributed by atoms with Crippen molar-refractivity contribution in [3.05, 3.63) is 35.5 Å². The van der Waals surface area contributed by atoms with Gasteiger partial charge < -0.3 is 21.3 Å². The molecule has 0 aliphatic heterocycles. The molecule has 0 spiro atoms. The predicted octanol–water partition coefficient (Wildman–Crippen LogP) is 0.707. The third-order valence-corrected chi connectivity index (χ3v) is 2.53. The second kappa shape index (κ2) is 4.94. The molecule has 0 aliphatic rings. The van der Waals surface area contributed by atoms with E-state index in [1.165, 1.54) is 18.3 Å². The molecule has 0 aliphatic carbocycles. The van der Waals surface area contributed by atoms with Crippen molar-refractivity contribution < 1.29 is 15.0 Å². The molecule has 0 atom stereocenters. The Kier molecular flexibility index (Phi) is 3.34. The van der Waals surface area contributed by atoms with Crippen molar-refractivity contribution in [1.29, 1.82) is 0 Å². The summed E-state index contributed by atoms with van der Waals surface area (Å²) in [7, 11) is 0. The average molecular weight is 278 g/mol. The molecule has 0 bridgehead atoms. The predicted molar refractivity (Wildman–Crippen MR) is 72.2 cm³/mol. The summed E-state index contributed by atoms with van der Waals surface area (Å²) in [5.74, 6) is -0.734. The lowest BCUT2D eigenvalue weighted by molar-refractivity contribution is 0.102. The maximum absolute atomic E-state index is 11.9. The van der Waals surface area contributed by atoms with Crippen LogP contribution < -0.4 is 11.1 Å². The highest BCUT2D eigenvalue weighted by atomic mass is 32.1. The van der Waals surface area contributed by atoms with Crippen molar-refractivity contribution in [3.63, 3.8) is 0 Å². The number of anilines is 1. The summed E-state index contributed by atoms with van der Waals surface area (Å²) in [6.07, 6.45) is 1.39. The summed E-state index contributed by atoms with van der Waals surface area (Å²) >= 11 is 4.80. The summed E-state index contributed by atoms with van der Waals surface area (Å²) in [4.78, 5) is 12.0. The van der Waals surface area contributed by atoms with Crippen LogP contribution in [0.5, 0.6) is 11.5 Å². The number of phenolic OH excluding ortho intramolecular Hbond substituents is 2. The Labute approximate surface area is 113 Å². The third kappa shape index (κ3) is 2.80. The number of nitrogens with two attached hydrogens (primary N) is 1. The quantitative estimate of drug-likeness (QED) is 0.527. The largest absolute Gasteiger partial charge is 0.508 e. The van der Waals surface area contributed by atoms with Gasteiger partial charge in [0.2, 0.25) is 0 Å². The van der Waals surface area contributed by atoms with Gasteiger partial charge in [0.15, 0.2) is 0 Å². The standard InChI is InChI=1S/C11H10N4O3S/c12-9(19)8-4-13-15-10(8)14-11(18)5-1-6(16)3-7(17)2-5/h1-4,16-17H,(H2,12,19)(H2,13,14,15,18). The van der Waals surface area contributed by atoms with Crippen molar-refractivity contribution in [2.75, 3.05) is 5.32 Å². The molecule has 1 heterocycles. The van der Waals surface area contributed by atoms with E-state index in [0.29, 0.717) is 5.56 Å². The lowest BCUT2D eigenvalue weighted by Gasteiger charge is -2.06. The fourth-order valence-corrected chi connectivity index (χ4v) is 1.63. The fraction of sp³-hybridized carbons (Fsp3) is 0. The van der Waals surface area contributed by atoms with Crippen LogP contribution in [0.15, 0.2) is 24.4 Å². The number of thiocarbonyl (C=S) groups is 1. The first-order valence-electron chi connectivity index (χ1n) is 5.15. The van der Waals surface area contributed by atoms with Crippen LogP contribution in [-0.2, 0) is 0 Å². The number of aromatic amines is 1. The Morgan fingerprint density at radius 3 is 2.53 bits per heavy atom. The van der Waals surface area contributed by atoms with Crippen LogP contribution in [0, 0.1) is 0 Å². The van der Waals surface area contributed by atoms with E-state index in [1.54, 1.807) is 0 Å². The number of hydrogen-bond donors (Lipinski definition) is 5. The molecule has 2 aromatic rings. The van der Waals surface area contributed by atoms with E-state index in [9.17, 15) is 15.0 Å². The number of aromatic hydroxyl groups is 2. The van der Waals surface area contributed by atoms with Crippen LogP contribution in [0.3, 0.4) is 0 Å². The number of hydrogen-bond acceptors (Lipinski definition) is 5. The first-order valence-corrected chi connectivity index (χ1v) is 5.55. The van der Waals surface area contributed by atoms with Gasteiger partial charge in [-0.15, -0.1) is 0 Å². The maximum Gasteiger partial charge on any atom is 0.257 e. The minimum atomic E-state index is -0.548. The van der Waals surface area contributed by atoms with Crippen LogP contribution in [-0.4, -0.2) is 31.3 Å². The summed E-state index contributed by atoms with van der Waals surface area (Å²) in [5.41, 5.74) is 5.94. The van der Waals surface area contributed by atoms with Gasteiger partial charge in [0, 0.05) is 11.6 Å². The Morgan fingerprint density at radius 2 is 1.95 bits per heavy atom. The number of benzene rings is 1. The normalized spacial score (nSPS) is 10.1. The highest BCUT2D eigenvalue weighted by molar-refractivity contribution is 7.80. The molecule has 0 saturated heterocycles. The van der Waals surface area contributed by atoms with Crippen molar-refractivity contribution >= 4 is 28.9 Å². The van der Waals surface area contributed by atoms with Crippen LogP contribution in [0.25, 0.3) is 0 Å². The van der Waals surface area contributed by atoms with Gasteiger partial charge in [-0.05, 0) is 12.1 Å². The zero-order valence-corrected chi connectivity index (χ0v) is 10.4. The third-order valence-electron chi connectivity index (χ3n) is 2.31. The van der Waals surface area contributed by atoms with E-state index in [4.69, 9.17) is 18.0 Å². The van der Waals surface area contributed by atoms with Crippen molar-refractivity contribution in [2.24, 2.45) is 5.73 Å². The van der Waals surface area contributed by atoms with Crippen molar-refractivity contribution in [2.45, 2.75) is 0 Å². The molecule has 0 fully saturated rings. The molecule has 7 nitrogen and oxygen atoms in total. The van der Waals surface area contributed by atoms with Crippen LogP contribution in [0.2, 0.25) is 0 Å². The molecule has 19 heavy (non-hydrogen) atoms.